The second-order valence-corrected chi connectivity index (χ2v) is 20.5. The highest BCUT2D eigenvalue weighted by atomic mass is 32.2. The topological polar surface area (TPSA) is 23.6 Å². The molecule has 0 unspecified atom stereocenters. The van der Waals surface area contributed by atoms with Crippen molar-refractivity contribution in [3.63, 3.8) is 0 Å². The van der Waals surface area contributed by atoms with Crippen molar-refractivity contribution in [2.75, 3.05) is 16.3 Å². The smallest absolute Gasteiger partial charge is 0.150 e. The van der Waals surface area contributed by atoms with Gasteiger partial charge in [0.1, 0.15) is 6.29 Å². The highest BCUT2D eigenvalue weighted by Crippen LogP contribution is 2.58. The predicted molar refractivity (Wildman–Crippen MR) is 286 cm³/mol. The van der Waals surface area contributed by atoms with Gasteiger partial charge in [0.2, 0.25) is 0 Å². The first-order chi connectivity index (χ1) is 32.9. The molecule has 0 aromatic heterocycles. The van der Waals surface area contributed by atoms with Gasteiger partial charge in [-0.3, -0.25) is 4.79 Å². The van der Waals surface area contributed by atoms with Crippen LogP contribution in [0.15, 0.2) is 155 Å². The zero-order chi connectivity index (χ0) is 46.1. The van der Waals surface area contributed by atoms with Gasteiger partial charge in [-0.25, -0.2) is 0 Å². The largest absolute Gasteiger partial charge is 0.340 e. The summed E-state index contributed by atoms with van der Waals surface area (Å²) < 4.78 is 0. The number of nitrogens with zero attached hydrogens (tertiary/aromatic N) is 2. The zero-order valence-electron chi connectivity index (χ0n) is 40.3. The van der Waals surface area contributed by atoms with E-state index in [4.69, 9.17) is 0 Å². The van der Waals surface area contributed by atoms with E-state index < -0.39 is 0 Å². The van der Waals surface area contributed by atoms with Crippen LogP contribution in [0, 0.1) is 0 Å². The number of benzene rings is 7. The lowest BCUT2D eigenvalue weighted by Crippen LogP contribution is -2.26. The number of rotatable bonds is 18. The van der Waals surface area contributed by atoms with E-state index in [9.17, 15) is 4.79 Å². The molecule has 10 rings (SSSR count). The van der Waals surface area contributed by atoms with Crippen LogP contribution in [0.25, 0.3) is 33.4 Å². The molecule has 7 aromatic carbocycles. The maximum atomic E-state index is 11.9. The average molecular weight is 899 g/mol. The van der Waals surface area contributed by atoms with Crippen molar-refractivity contribution in [1.29, 1.82) is 0 Å². The van der Waals surface area contributed by atoms with Crippen molar-refractivity contribution in [3.8, 4) is 33.4 Å². The summed E-state index contributed by atoms with van der Waals surface area (Å²) >= 11 is 1.79. The lowest BCUT2D eigenvalue weighted by atomic mass is 9.71. The third kappa shape index (κ3) is 7.74. The fourth-order valence-electron chi connectivity index (χ4n) is 12.5. The van der Waals surface area contributed by atoms with Gasteiger partial charge in [-0.15, -0.1) is 0 Å². The van der Waals surface area contributed by atoms with Crippen molar-refractivity contribution < 1.29 is 4.79 Å². The Labute approximate surface area is 404 Å². The van der Waals surface area contributed by atoms with Crippen LogP contribution < -0.4 is 9.80 Å². The number of fused-ring (bicyclic) bond motifs is 8. The summed E-state index contributed by atoms with van der Waals surface area (Å²) in [4.78, 5) is 19.3. The SMILES string of the molecule is CCCCCCN1c2ccc(C=O)cc2Sc2cc(-c3ccc(N(c4ccc5c(c4)C(CCC)(CCC)c4ccccc4-5)c4ccc5c(c4)C(CCC)(CCC)c4ccccc4-5)cc3)ccc21. The Kier molecular flexibility index (Phi) is 12.8. The Balaban J connectivity index is 1.09. The number of carbonyl (C=O) groups excluding carboxylic acids is 1. The molecule has 0 amide bonds. The van der Waals surface area contributed by atoms with E-state index in [-0.39, 0.29) is 10.8 Å². The van der Waals surface area contributed by atoms with E-state index in [2.05, 4.69) is 184 Å². The minimum absolute atomic E-state index is 0.0111. The van der Waals surface area contributed by atoms with E-state index in [0.29, 0.717) is 0 Å². The van der Waals surface area contributed by atoms with E-state index in [1.807, 2.05) is 6.07 Å². The molecule has 340 valence electrons. The third-order valence-electron chi connectivity index (χ3n) is 15.3. The second-order valence-electron chi connectivity index (χ2n) is 19.4. The van der Waals surface area contributed by atoms with Crippen LogP contribution in [0.5, 0.6) is 0 Å². The molecule has 1 heterocycles. The maximum absolute atomic E-state index is 11.9. The fraction of sp³-hybridized carbons (Fsp3) is 0.317. The number of hydrogen-bond acceptors (Lipinski definition) is 4. The molecule has 0 radical (unpaired) electrons. The molecule has 0 N–H and O–H groups in total. The first-order valence-electron chi connectivity index (χ1n) is 25.5. The minimum atomic E-state index is -0.0111. The molecule has 7 aromatic rings. The van der Waals surface area contributed by atoms with Crippen LogP contribution in [0.2, 0.25) is 0 Å². The van der Waals surface area contributed by atoms with Gasteiger partial charge in [-0.1, -0.05) is 170 Å². The highest BCUT2D eigenvalue weighted by Gasteiger charge is 2.44. The van der Waals surface area contributed by atoms with Crippen molar-refractivity contribution in [3.05, 3.63) is 173 Å². The van der Waals surface area contributed by atoms with Gasteiger partial charge in [-0.05, 0) is 154 Å². The van der Waals surface area contributed by atoms with Gasteiger partial charge in [0.25, 0.3) is 0 Å². The molecule has 2 aliphatic carbocycles. The Hall–Kier alpha value is -5.84. The third-order valence-corrected chi connectivity index (χ3v) is 16.4. The lowest BCUT2D eigenvalue weighted by molar-refractivity contribution is 0.112. The molecule has 4 heteroatoms. The van der Waals surface area contributed by atoms with E-state index >= 15 is 0 Å². The summed E-state index contributed by atoms with van der Waals surface area (Å²) in [6, 6.07) is 55.6. The molecular weight excluding hydrogens is 833 g/mol. The quantitative estimate of drug-likeness (QED) is 0.0632. The van der Waals surface area contributed by atoms with Gasteiger partial charge < -0.3 is 9.80 Å². The standard InChI is InChI=1S/C63H66N2OS/c1-6-11-12-17-38-64-58-32-22-44(43-66)39-60(58)67-61-40-46(25-33-59(61)64)45-23-26-47(27-24-45)65(48-28-30-52-50-18-13-15-20-54(50)62(34-7-2,35-8-3)56(52)41-48)49-29-31-53-51-19-14-16-21-55(51)63(36-9-4,37-10-5)57(53)42-49/h13-16,18-33,39-43H,6-12,17,34-38H2,1-5H3. The average Bonchev–Trinajstić information content (AvgIpc) is 3.78. The number of carbonyl (C=O) groups is 1. The van der Waals surface area contributed by atoms with Crippen LogP contribution in [0.1, 0.15) is 144 Å². The molecule has 0 bridgehead atoms. The van der Waals surface area contributed by atoms with E-state index in [0.717, 1.165) is 86.8 Å². The lowest BCUT2D eigenvalue weighted by Gasteiger charge is -2.34. The number of aldehydes is 1. The van der Waals surface area contributed by atoms with Gasteiger partial charge >= 0.3 is 0 Å². The Bertz CT molecular complexity index is 2800. The number of unbranched alkanes of at least 4 members (excludes halogenated alkanes) is 3. The summed E-state index contributed by atoms with van der Waals surface area (Å²) in [5.74, 6) is 0. The molecule has 0 atom stereocenters. The number of hydrogen-bond donors (Lipinski definition) is 0. The Morgan fingerprint density at radius 2 is 0.955 bits per heavy atom. The number of anilines is 5. The van der Waals surface area contributed by atoms with Gasteiger partial charge in [0.05, 0.1) is 11.4 Å². The van der Waals surface area contributed by atoms with Crippen LogP contribution >= 0.6 is 11.8 Å². The maximum Gasteiger partial charge on any atom is 0.150 e. The highest BCUT2D eigenvalue weighted by molar-refractivity contribution is 7.99. The molecule has 0 saturated carbocycles. The fourth-order valence-corrected chi connectivity index (χ4v) is 13.7. The molecule has 0 saturated heterocycles. The van der Waals surface area contributed by atoms with Crippen LogP contribution in [0.3, 0.4) is 0 Å². The molecular formula is C63H66N2OS. The molecule has 0 spiro atoms. The van der Waals surface area contributed by atoms with Crippen LogP contribution in [0.4, 0.5) is 28.4 Å². The van der Waals surface area contributed by atoms with Crippen LogP contribution in [-0.2, 0) is 10.8 Å². The van der Waals surface area contributed by atoms with Crippen molar-refractivity contribution >= 4 is 46.5 Å². The summed E-state index contributed by atoms with van der Waals surface area (Å²) in [7, 11) is 0. The summed E-state index contributed by atoms with van der Waals surface area (Å²) in [6.07, 6.45) is 14.9. The summed E-state index contributed by atoms with van der Waals surface area (Å²) in [5.41, 5.74) is 20.6. The van der Waals surface area contributed by atoms with Gasteiger partial charge in [0, 0.05) is 49.8 Å². The summed E-state index contributed by atoms with van der Waals surface area (Å²) in [5, 5.41) is 0. The normalized spacial score (nSPS) is 14.4. The molecule has 67 heavy (non-hydrogen) atoms. The van der Waals surface area contributed by atoms with Gasteiger partial charge in [-0.2, -0.15) is 0 Å². The molecule has 0 fully saturated rings. The van der Waals surface area contributed by atoms with Crippen molar-refractivity contribution in [2.24, 2.45) is 0 Å². The monoisotopic (exact) mass is 898 g/mol. The van der Waals surface area contributed by atoms with Crippen molar-refractivity contribution in [2.45, 2.75) is 132 Å². The van der Waals surface area contributed by atoms with Crippen molar-refractivity contribution in [1.82, 2.24) is 0 Å². The van der Waals surface area contributed by atoms with E-state index in [1.54, 1.807) is 11.8 Å². The Morgan fingerprint density at radius 1 is 0.463 bits per heavy atom. The minimum Gasteiger partial charge on any atom is -0.340 e. The molecule has 1 aliphatic heterocycles. The first kappa shape index (κ1) is 45.0. The van der Waals surface area contributed by atoms with Crippen LogP contribution in [-0.4, -0.2) is 12.8 Å². The molecule has 3 nitrogen and oxygen atoms in total. The van der Waals surface area contributed by atoms with Gasteiger partial charge in [0.15, 0.2) is 0 Å². The summed E-state index contributed by atoms with van der Waals surface area (Å²) in [6.45, 7) is 12.6. The molecule has 3 aliphatic rings. The Morgan fingerprint density at radius 3 is 1.49 bits per heavy atom. The van der Waals surface area contributed by atoms with E-state index in [1.165, 1.54) is 103 Å². The first-order valence-corrected chi connectivity index (χ1v) is 26.3. The zero-order valence-corrected chi connectivity index (χ0v) is 41.2. The predicted octanol–water partition coefficient (Wildman–Crippen LogP) is 18.6. The second kappa shape index (κ2) is 19.0.